The Kier molecular flexibility index (Phi) is 5.95. The first-order chi connectivity index (χ1) is 8.06. The summed E-state index contributed by atoms with van der Waals surface area (Å²) in [5.74, 6) is -0.101. The number of nitrogens with zero attached hydrogens (tertiary/aromatic N) is 1. The van der Waals surface area contributed by atoms with Crippen LogP contribution in [0.4, 0.5) is 0 Å². The van der Waals surface area contributed by atoms with Gasteiger partial charge in [0.1, 0.15) is 0 Å². The molecule has 5 heteroatoms. The van der Waals surface area contributed by atoms with Crippen molar-refractivity contribution in [3.8, 4) is 0 Å². The summed E-state index contributed by atoms with van der Waals surface area (Å²) in [5, 5.41) is 0.460. The molecule has 0 spiro atoms. The number of benzene rings is 1. The minimum atomic E-state index is -0.101. The third-order valence-corrected chi connectivity index (χ3v) is 3.10. The molecule has 94 valence electrons. The Morgan fingerprint density at radius 3 is 2.88 bits per heavy atom. The van der Waals surface area contributed by atoms with Gasteiger partial charge >= 0.3 is 0 Å². The summed E-state index contributed by atoms with van der Waals surface area (Å²) in [5.41, 5.74) is 0.500. The fraction of sp³-hybridized carbons (Fsp3) is 0.417. The molecule has 17 heavy (non-hydrogen) atoms. The average Bonchev–Trinajstić information content (AvgIpc) is 2.31. The van der Waals surface area contributed by atoms with Gasteiger partial charge in [-0.1, -0.05) is 27.5 Å². The maximum atomic E-state index is 12.1. The van der Waals surface area contributed by atoms with Crippen LogP contribution in [0.1, 0.15) is 17.3 Å². The summed E-state index contributed by atoms with van der Waals surface area (Å²) in [4.78, 5) is 13.7. The van der Waals surface area contributed by atoms with Crippen LogP contribution in [0.5, 0.6) is 0 Å². The molecular weight excluding hydrogens is 305 g/mol. The molecule has 0 N–H and O–H groups in total. The normalized spacial score (nSPS) is 10.4. The molecule has 0 atom stereocenters. The monoisotopic (exact) mass is 319 g/mol. The Morgan fingerprint density at radius 1 is 1.53 bits per heavy atom. The lowest BCUT2D eigenvalue weighted by Gasteiger charge is -2.17. The number of halogens is 2. The molecule has 1 amide bonds. The lowest BCUT2D eigenvalue weighted by Crippen LogP contribution is -2.30. The lowest BCUT2D eigenvalue weighted by atomic mass is 10.2. The summed E-state index contributed by atoms with van der Waals surface area (Å²) >= 11 is 9.32. The van der Waals surface area contributed by atoms with Crippen molar-refractivity contribution in [2.24, 2.45) is 0 Å². The quantitative estimate of drug-likeness (QED) is 0.780. The molecule has 0 aromatic heterocycles. The second-order valence-corrected chi connectivity index (χ2v) is 4.87. The fourth-order valence-electron chi connectivity index (χ4n) is 1.31. The van der Waals surface area contributed by atoms with Crippen molar-refractivity contribution in [1.82, 2.24) is 4.90 Å². The second kappa shape index (κ2) is 6.99. The van der Waals surface area contributed by atoms with Gasteiger partial charge in [0.25, 0.3) is 5.91 Å². The summed E-state index contributed by atoms with van der Waals surface area (Å²) < 4.78 is 6.04. The highest BCUT2D eigenvalue weighted by Gasteiger charge is 2.15. The van der Waals surface area contributed by atoms with Crippen LogP contribution in [0.15, 0.2) is 22.7 Å². The van der Waals surface area contributed by atoms with Gasteiger partial charge in [-0.25, -0.2) is 0 Å². The molecule has 1 aromatic carbocycles. The Hall–Kier alpha value is -0.580. The van der Waals surface area contributed by atoms with Crippen molar-refractivity contribution in [3.05, 3.63) is 33.3 Å². The van der Waals surface area contributed by atoms with E-state index in [1.807, 2.05) is 6.92 Å². The largest absolute Gasteiger partial charge is 0.380 e. The summed E-state index contributed by atoms with van der Waals surface area (Å²) in [6.45, 7) is 3.66. The number of likely N-dealkylation sites (N-methyl/N-ethyl adjacent to an activating group) is 1. The molecule has 3 nitrogen and oxygen atoms in total. The maximum Gasteiger partial charge on any atom is 0.255 e. The number of amides is 1. The highest BCUT2D eigenvalue weighted by atomic mass is 79.9. The van der Waals surface area contributed by atoms with Crippen molar-refractivity contribution < 1.29 is 9.53 Å². The van der Waals surface area contributed by atoms with Crippen LogP contribution in [0.25, 0.3) is 0 Å². The van der Waals surface area contributed by atoms with Crippen molar-refractivity contribution >= 4 is 33.4 Å². The van der Waals surface area contributed by atoms with E-state index in [1.165, 1.54) is 0 Å². The first-order valence-electron chi connectivity index (χ1n) is 5.34. The summed E-state index contributed by atoms with van der Waals surface area (Å²) in [6.07, 6.45) is 0. The summed E-state index contributed by atoms with van der Waals surface area (Å²) in [7, 11) is 1.73. The van der Waals surface area contributed by atoms with Crippen LogP contribution in [-0.4, -0.2) is 37.6 Å². The number of carbonyl (C=O) groups excluding carboxylic acids is 1. The smallest absolute Gasteiger partial charge is 0.255 e. The lowest BCUT2D eigenvalue weighted by molar-refractivity contribution is 0.0710. The molecule has 0 saturated heterocycles. The third kappa shape index (κ3) is 4.30. The number of ether oxygens (including phenoxy) is 1. The molecule has 0 radical (unpaired) electrons. The van der Waals surface area contributed by atoms with Gasteiger partial charge < -0.3 is 9.64 Å². The number of hydrogen-bond donors (Lipinski definition) is 0. The predicted molar refractivity (Wildman–Crippen MR) is 72.6 cm³/mol. The van der Waals surface area contributed by atoms with Crippen LogP contribution >= 0.6 is 27.5 Å². The van der Waals surface area contributed by atoms with Crippen molar-refractivity contribution in [2.45, 2.75) is 6.92 Å². The minimum absolute atomic E-state index is 0.101. The molecule has 0 bridgehead atoms. The highest BCUT2D eigenvalue weighted by Crippen LogP contribution is 2.22. The number of rotatable bonds is 5. The molecule has 0 aliphatic heterocycles. The average molecular weight is 321 g/mol. The number of hydrogen-bond acceptors (Lipinski definition) is 2. The van der Waals surface area contributed by atoms with Crippen molar-refractivity contribution in [2.75, 3.05) is 26.8 Å². The van der Waals surface area contributed by atoms with E-state index in [1.54, 1.807) is 30.1 Å². The molecule has 0 unspecified atom stereocenters. The Labute approximate surface area is 115 Å². The topological polar surface area (TPSA) is 29.5 Å². The molecule has 0 aliphatic carbocycles. The standard InChI is InChI=1S/C12H15BrClNO2/c1-3-17-7-6-15(2)12(16)10-8-9(13)4-5-11(10)14/h4-5,8H,3,6-7H2,1-2H3. The van der Waals surface area contributed by atoms with Crippen LogP contribution in [0.2, 0.25) is 5.02 Å². The highest BCUT2D eigenvalue weighted by molar-refractivity contribution is 9.10. The zero-order valence-corrected chi connectivity index (χ0v) is 12.2. The third-order valence-electron chi connectivity index (χ3n) is 2.28. The van der Waals surface area contributed by atoms with Crippen molar-refractivity contribution in [3.63, 3.8) is 0 Å². The van der Waals surface area contributed by atoms with Gasteiger partial charge in [-0.15, -0.1) is 0 Å². The zero-order valence-electron chi connectivity index (χ0n) is 9.87. The first kappa shape index (κ1) is 14.5. The molecule has 1 rings (SSSR count). The predicted octanol–water partition coefficient (Wildman–Crippen LogP) is 3.21. The van der Waals surface area contributed by atoms with E-state index in [9.17, 15) is 4.79 Å². The molecule has 0 fully saturated rings. The van der Waals surface area contributed by atoms with Gasteiger partial charge in [-0.3, -0.25) is 4.79 Å². The minimum Gasteiger partial charge on any atom is -0.380 e. The van der Waals surface area contributed by atoms with E-state index in [0.29, 0.717) is 30.3 Å². The molecule has 0 saturated carbocycles. The zero-order chi connectivity index (χ0) is 12.8. The molecule has 1 aromatic rings. The van der Waals surface area contributed by atoms with Crippen LogP contribution in [0.3, 0.4) is 0 Å². The van der Waals surface area contributed by atoms with E-state index in [-0.39, 0.29) is 5.91 Å². The Morgan fingerprint density at radius 2 is 2.24 bits per heavy atom. The summed E-state index contributed by atoms with van der Waals surface area (Å²) in [6, 6.07) is 5.23. The van der Waals surface area contributed by atoms with E-state index < -0.39 is 0 Å². The fourth-order valence-corrected chi connectivity index (χ4v) is 1.87. The first-order valence-corrected chi connectivity index (χ1v) is 6.51. The second-order valence-electron chi connectivity index (χ2n) is 3.55. The maximum absolute atomic E-state index is 12.1. The molecular formula is C12H15BrClNO2. The van der Waals surface area contributed by atoms with Crippen LogP contribution < -0.4 is 0 Å². The Balaban J connectivity index is 2.71. The van der Waals surface area contributed by atoms with Gasteiger partial charge in [0.05, 0.1) is 17.2 Å². The van der Waals surface area contributed by atoms with Gasteiger partial charge in [0.15, 0.2) is 0 Å². The Bertz CT molecular complexity index is 398. The SMILES string of the molecule is CCOCCN(C)C(=O)c1cc(Br)ccc1Cl. The van der Waals surface area contributed by atoms with E-state index in [0.717, 1.165) is 4.47 Å². The number of carbonyl (C=O) groups is 1. The molecule has 0 aliphatic rings. The molecule has 0 heterocycles. The van der Waals surface area contributed by atoms with Gasteiger partial charge in [0, 0.05) is 24.7 Å². The van der Waals surface area contributed by atoms with Gasteiger partial charge in [-0.2, -0.15) is 0 Å². The van der Waals surface area contributed by atoms with Crippen molar-refractivity contribution in [1.29, 1.82) is 0 Å². The van der Waals surface area contributed by atoms with Gasteiger partial charge in [-0.05, 0) is 25.1 Å². The van der Waals surface area contributed by atoms with E-state index >= 15 is 0 Å². The van der Waals surface area contributed by atoms with E-state index in [4.69, 9.17) is 16.3 Å². The van der Waals surface area contributed by atoms with Crippen LogP contribution in [-0.2, 0) is 4.74 Å². The van der Waals surface area contributed by atoms with Crippen LogP contribution in [0, 0.1) is 0 Å². The van der Waals surface area contributed by atoms with Gasteiger partial charge in [0.2, 0.25) is 0 Å². The van der Waals surface area contributed by atoms with E-state index in [2.05, 4.69) is 15.9 Å².